The molecule has 0 aliphatic carbocycles. The summed E-state index contributed by atoms with van der Waals surface area (Å²) in [6, 6.07) is 23.2. The van der Waals surface area contributed by atoms with Crippen LogP contribution in [0.25, 0.3) is 0 Å². The van der Waals surface area contributed by atoms with Crippen molar-refractivity contribution < 1.29 is 19.5 Å². The Hall–Kier alpha value is -3.64. The molecule has 0 aliphatic heterocycles. The molecule has 0 saturated carbocycles. The Labute approximate surface area is 181 Å². The summed E-state index contributed by atoms with van der Waals surface area (Å²) >= 11 is 0. The van der Waals surface area contributed by atoms with Gasteiger partial charge in [-0.3, -0.25) is 14.8 Å². The van der Waals surface area contributed by atoms with Gasteiger partial charge in [-0.25, -0.2) is 5.48 Å². The van der Waals surface area contributed by atoms with E-state index < -0.39 is 11.8 Å². The zero-order valence-electron chi connectivity index (χ0n) is 17.4. The van der Waals surface area contributed by atoms with Crippen molar-refractivity contribution in [3.63, 3.8) is 0 Å². The molecule has 3 N–H and O–H groups in total. The van der Waals surface area contributed by atoms with E-state index in [0.717, 1.165) is 24.2 Å². The summed E-state index contributed by atoms with van der Waals surface area (Å²) in [6.07, 6.45) is 2.05. The first kappa shape index (κ1) is 22.1. The van der Waals surface area contributed by atoms with Crippen molar-refractivity contribution in [3.05, 3.63) is 95.6 Å². The average molecular weight is 418 g/mol. The summed E-state index contributed by atoms with van der Waals surface area (Å²) < 4.78 is 5.62. The lowest BCUT2D eigenvalue weighted by Crippen LogP contribution is -2.27. The second kappa shape index (κ2) is 10.9. The van der Waals surface area contributed by atoms with Crippen molar-refractivity contribution >= 4 is 17.5 Å². The van der Waals surface area contributed by atoms with E-state index in [1.165, 1.54) is 0 Å². The van der Waals surface area contributed by atoms with E-state index >= 15 is 0 Å². The van der Waals surface area contributed by atoms with Gasteiger partial charge < -0.3 is 10.1 Å². The van der Waals surface area contributed by atoms with E-state index in [9.17, 15) is 9.59 Å². The highest BCUT2D eigenvalue weighted by atomic mass is 16.5. The molecule has 0 aliphatic rings. The fourth-order valence-electron chi connectivity index (χ4n) is 3.20. The molecule has 0 saturated heterocycles. The fourth-order valence-corrected chi connectivity index (χ4v) is 3.20. The van der Waals surface area contributed by atoms with Crippen LogP contribution in [0.1, 0.15) is 47.2 Å². The maximum absolute atomic E-state index is 12.5. The standard InChI is InChI=1S/C25H26N2O4/c1-2-3-17-31-22-15-11-20(12-16-22)24(28)26-21-13-9-19(10-14-21)23(25(29)27-30)18-7-5-4-6-8-18/h4-16,23,30H,2-3,17H2,1H3,(H,26,28)(H,27,29). The van der Waals surface area contributed by atoms with Gasteiger partial charge in [-0.2, -0.15) is 0 Å². The van der Waals surface area contributed by atoms with E-state index in [0.29, 0.717) is 23.4 Å². The van der Waals surface area contributed by atoms with Crippen molar-refractivity contribution in [2.75, 3.05) is 11.9 Å². The first-order valence-corrected chi connectivity index (χ1v) is 10.3. The Morgan fingerprint density at radius 2 is 1.55 bits per heavy atom. The molecule has 1 atom stereocenters. The van der Waals surface area contributed by atoms with Crippen LogP contribution in [-0.4, -0.2) is 23.6 Å². The molecule has 6 nitrogen and oxygen atoms in total. The monoisotopic (exact) mass is 418 g/mol. The van der Waals surface area contributed by atoms with Gasteiger partial charge in [0.1, 0.15) is 5.75 Å². The zero-order chi connectivity index (χ0) is 22.1. The lowest BCUT2D eigenvalue weighted by atomic mass is 9.90. The van der Waals surface area contributed by atoms with Gasteiger partial charge >= 0.3 is 0 Å². The predicted octanol–water partition coefficient (Wildman–Crippen LogP) is 4.76. The molecule has 160 valence electrons. The Kier molecular flexibility index (Phi) is 7.79. The second-order valence-electron chi connectivity index (χ2n) is 7.12. The van der Waals surface area contributed by atoms with Crippen LogP contribution in [0.2, 0.25) is 0 Å². The maximum atomic E-state index is 12.5. The summed E-state index contributed by atoms with van der Waals surface area (Å²) in [6.45, 7) is 2.76. The number of unbranched alkanes of at least 4 members (excludes halogenated alkanes) is 1. The van der Waals surface area contributed by atoms with Crippen LogP contribution in [0.4, 0.5) is 5.69 Å². The normalized spacial score (nSPS) is 11.4. The third kappa shape index (κ3) is 5.93. The predicted molar refractivity (Wildman–Crippen MR) is 119 cm³/mol. The number of anilines is 1. The molecular weight excluding hydrogens is 392 g/mol. The number of carbonyl (C=O) groups excluding carboxylic acids is 2. The number of benzene rings is 3. The lowest BCUT2D eigenvalue weighted by molar-refractivity contribution is -0.129. The maximum Gasteiger partial charge on any atom is 0.255 e. The van der Waals surface area contributed by atoms with Gasteiger partial charge in [-0.05, 0) is 53.9 Å². The van der Waals surface area contributed by atoms with Crippen LogP contribution < -0.4 is 15.5 Å². The first-order chi connectivity index (χ1) is 15.1. The van der Waals surface area contributed by atoms with Crippen LogP contribution >= 0.6 is 0 Å². The summed E-state index contributed by atoms with van der Waals surface area (Å²) in [7, 11) is 0. The zero-order valence-corrected chi connectivity index (χ0v) is 17.4. The van der Waals surface area contributed by atoms with Gasteiger partial charge in [-0.15, -0.1) is 0 Å². The number of amides is 2. The molecule has 6 heteroatoms. The van der Waals surface area contributed by atoms with Crippen molar-refractivity contribution in [1.82, 2.24) is 5.48 Å². The molecule has 0 fully saturated rings. The third-order valence-electron chi connectivity index (χ3n) is 4.89. The largest absolute Gasteiger partial charge is 0.494 e. The molecule has 1 unspecified atom stereocenters. The Bertz CT molecular complexity index is 986. The molecule has 3 rings (SSSR count). The smallest absolute Gasteiger partial charge is 0.255 e. The third-order valence-corrected chi connectivity index (χ3v) is 4.89. The Morgan fingerprint density at radius 3 is 2.16 bits per heavy atom. The van der Waals surface area contributed by atoms with Crippen LogP contribution in [-0.2, 0) is 4.79 Å². The van der Waals surface area contributed by atoms with Crippen LogP contribution in [0.5, 0.6) is 5.75 Å². The number of rotatable bonds is 9. The van der Waals surface area contributed by atoms with Gasteiger partial charge in [-0.1, -0.05) is 55.8 Å². The highest BCUT2D eigenvalue weighted by Gasteiger charge is 2.22. The molecule has 0 bridgehead atoms. The number of carbonyl (C=O) groups is 2. The summed E-state index contributed by atoms with van der Waals surface area (Å²) in [5, 5.41) is 12.0. The van der Waals surface area contributed by atoms with Crippen molar-refractivity contribution in [1.29, 1.82) is 0 Å². The summed E-state index contributed by atoms with van der Waals surface area (Å²) in [4.78, 5) is 24.8. The number of nitrogens with one attached hydrogen (secondary N) is 2. The minimum atomic E-state index is -0.656. The van der Waals surface area contributed by atoms with E-state index in [4.69, 9.17) is 9.94 Å². The van der Waals surface area contributed by atoms with E-state index in [-0.39, 0.29) is 5.91 Å². The van der Waals surface area contributed by atoms with Crippen LogP contribution in [0.15, 0.2) is 78.9 Å². The van der Waals surface area contributed by atoms with Gasteiger partial charge in [0.15, 0.2) is 0 Å². The van der Waals surface area contributed by atoms with Gasteiger partial charge in [0.2, 0.25) is 0 Å². The topological polar surface area (TPSA) is 87.7 Å². The number of hydrogen-bond acceptors (Lipinski definition) is 4. The molecule has 31 heavy (non-hydrogen) atoms. The first-order valence-electron chi connectivity index (χ1n) is 10.3. The van der Waals surface area contributed by atoms with Crippen LogP contribution in [0.3, 0.4) is 0 Å². The Morgan fingerprint density at radius 1 is 0.903 bits per heavy atom. The van der Waals surface area contributed by atoms with E-state index in [1.54, 1.807) is 54.0 Å². The molecule has 3 aromatic carbocycles. The lowest BCUT2D eigenvalue weighted by Gasteiger charge is -2.16. The summed E-state index contributed by atoms with van der Waals surface area (Å²) in [5.74, 6) is -0.676. The van der Waals surface area contributed by atoms with Crippen molar-refractivity contribution in [2.45, 2.75) is 25.7 Å². The van der Waals surface area contributed by atoms with E-state index in [2.05, 4.69) is 12.2 Å². The van der Waals surface area contributed by atoms with Gasteiger partial charge in [0.25, 0.3) is 11.8 Å². The molecule has 0 aromatic heterocycles. The van der Waals surface area contributed by atoms with Crippen LogP contribution in [0, 0.1) is 0 Å². The van der Waals surface area contributed by atoms with Gasteiger partial charge in [0.05, 0.1) is 12.5 Å². The Balaban J connectivity index is 1.68. The molecule has 0 heterocycles. The average Bonchev–Trinajstić information content (AvgIpc) is 2.81. The molecule has 2 amide bonds. The quantitative estimate of drug-likeness (QED) is 0.266. The highest BCUT2D eigenvalue weighted by molar-refractivity contribution is 6.04. The second-order valence-corrected chi connectivity index (χ2v) is 7.12. The van der Waals surface area contributed by atoms with Gasteiger partial charge in [0, 0.05) is 11.3 Å². The van der Waals surface area contributed by atoms with E-state index in [1.807, 2.05) is 30.3 Å². The highest BCUT2D eigenvalue weighted by Crippen LogP contribution is 2.26. The molecule has 0 spiro atoms. The number of hydrogen-bond donors (Lipinski definition) is 3. The van der Waals surface area contributed by atoms with Crippen molar-refractivity contribution in [3.8, 4) is 5.75 Å². The summed E-state index contributed by atoms with van der Waals surface area (Å²) in [5.41, 5.74) is 4.31. The SMILES string of the molecule is CCCCOc1ccc(C(=O)Nc2ccc(C(C(=O)NO)c3ccccc3)cc2)cc1. The number of ether oxygens (including phenoxy) is 1. The fraction of sp³-hybridized carbons (Fsp3) is 0.200. The minimum Gasteiger partial charge on any atom is -0.494 e. The van der Waals surface area contributed by atoms with Crippen molar-refractivity contribution in [2.24, 2.45) is 0 Å². The molecule has 0 radical (unpaired) electrons. The minimum absolute atomic E-state index is 0.236. The number of hydroxylamine groups is 1. The molecule has 3 aromatic rings. The molecular formula is C25H26N2O4.